The highest BCUT2D eigenvalue weighted by Gasteiger charge is 2.17. The van der Waals surface area contributed by atoms with Crippen LogP contribution in [-0.2, 0) is 4.74 Å². The highest BCUT2D eigenvalue weighted by molar-refractivity contribution is 8.13. The lowest BCUT2D eigenvalue weighted by Crippen LogP contribution is -2.12. The van der Waals surface area contributed by atoms with Gasteiger partial charge >= 0.3 is 5.97 Å². The van der Waals surface area contributed by atoms with E-state index in [9.17, 15) is 4.79 Å². The van der Waals surface area contributed by atoms with Crippen molar-refractivity contribution in [1.29, 1.82) is 5.26 Å². The molecule has 0 saturated carbocycles. The SMILES string of the molecule is COC(=O)c1cc(N=C(NC#N)SC)c(OC)c(OC)c1. The van der Waals surface area contributed by atoms with E-state index in [4.69, 9.17) is 14.7 Å². The number of carbonyl (C=O) groups is 1. The van der Waals surface area contributed by atoms with Crippen molar-refractivity contribution in [2.75, 3.05) is 27.6 Å². The zero-order valence-electron chi connectivity index (χ0n) is 12.1. The largest absolute Gasteiger partial charge is 0.493 e. The van der Waals surface area contributed by atoms with Gasteiger partial charge in [0.15, 0.2) is 22.9 Å². The molecule has 0 aliphatic heterocycles. The van der Waals surface area contributed by atoms with E-state index in [1.165, 1.54) is 45.2 Å². The minimum absolute atomic E-state index is 0.270. The van der Waals surface area contributed by atoms with Crippen LogP contribution in [0.25, 0.3) is 0 Å². The Morgan fingerprint density at radius 1 is 1.33 bits per heavy atom. The van der Waals surface area contributed by atoms with Crippen molar-refractivity contribution >= 4 is 28.6 Å². The van der Waals surface area contributed by atoms with Gasteiger partial charge in [0.2, 0.25) is 0 Å². The van der Waals surface area contributed by atoms with Gasteiger partial charge in [-0.1, -0.05) is 11.8 Å². The van der Waals surface area contributed by atoms with Crippen molar-refractivity contribution in [3.05, 3.63) is 17.7 Å². The van der Waals surface area contributed by atoms with Crippen molar-refractivity contribution in [3.63, 3.8) is 0 Å². The summed E-state index contributed by atoms with van der Waals surface area (Å²) in [5, 5.41) is 11.5. The lowest BCUT2D eigenvalue weighted by molar-refractivity contribution is 0.0600. The zero-order chi connectivity index (χ0) is 15.8. The number of hydrogen-bond acceptors (Lipinski definition) is 7. The van der Waals surface area contributed by atoms with E-state index >= 15 is 0 Å². The molecule has 0 saturated heterocycles. The number of ether oxygens (including phenoxy) is 3. The Labute approximate surface area is 126 Å². The van der Waals surface area contributed by atoms with Gasteiger partial charge in [0.1, 0.15) is 5.69 Å². The molecule has 0 aromatic heterocycles. The summed E-state index contributed by atoms with van der Waals surface area (Å²) >= 11 is 1.25. The predicted octanol–water partition coefficient (Wildman–Crippen LogP) is 1.91. The van der Waals surface area contributed by atoms with Gasteiger partial charge in [-0.15, -0.1) is 0 Å². The first kappa shape index (κ1) is 16.7. The number of thioether (sulfide) groups is 1. The first-order chi connectivity index (χ1) is 10.1. The van der Waals surface area contributed by atoms with Gasteiger partial charge in [-0.2, -0.15) is 5.26 Å². The van der Waals surface area contributed by atoms with E-state index < -0.39 is 5.97 Å². The molecule has 0 bridgehead atoms. The first-order valence-electron chi connectivity index (χ1n) is 5.73. The third-order valence-electron chi connectivity index (χ3n) is 2.46. The van der Waals surface area contributed by atoms with E-state index in [-0.39, 0.29) is 5.56 Å². The molecule has 0 amide bonds. The summed E-state index contributed by atoms with van der Waals surface area (Å²) in [6, 6.07) is 3.00. The summed E-state index contributed by atoms with van der Waals surface area (Å²) in [5.74, 6) is 0.180. The minimum Gasteiger partial charge on any atom is -0.493 e. The molecule has 0 heterocycles. The molecule has 1 N–H and O–H groups in total. The van der Waals surface area contributed by atoms with E-state index in [2.05, 4.69) is 15.0 Å². The third kappa shape index (κ3) is 4.03. The maximum atomic E-state index is 11.7. The van der Waals surface area contributed by atoms with Crippen LogP contribution < -0.4 is 14.8 Å². The number of nitrogens with one attached hydrogen (secondary N) is 1. The summed E-state index contributed by atoms with van der Waals surface area (Å²) in [6.07, 6.45) is 3.55. The van der Waals surface area contributed by atoms with Crippen LogP contribution in [0.5, 0.6) is 11.5 Å². The van der Waals surface area contributed by atoms with Crippen LogP contribution in [0.15, 0.2) is 17.1 Å². The fraction of sp³-hybridized carbons (Fsp3) is 0.308. The number of benzene rings is 1. The second-order valence-electron chi connectivity index (χ2n) is 3.58. The van der Waals surface area contributed by atoms with Crippen molar-refractivity contribution in [2.24, 2.45) is 4.99 Å². The Morgan fingerprint density at radius 2 is 2.05 bits per heavy atom. The number of aliphatic imine (C=N–C) groups is 1. The fourth-order valence-electron chi connectivity index (χ4n) is 1.54. The van der Waals surface area contributed by atoms with Crippen LogP contribution in [0, 0.1) is 11.5 Å². The number of rotatable bonds is 4. The molecule has 8 heteroatoms. The van der Waals surface area contributed by atoms with E-state index in [0.717, 1.165) is 0 Å². The summed E-state index contributed by atoms with van der Waals surface area (Å²) in [5.41, 5.74) is 0.621. The number of nitriles is 1. The fourth-order valence-corrected chi connectivity index (χ4v) is 1.88. The molecule has 0 unspecified atom stereocenters. The Kier molecular flexibility index (Phi) is 6.36. The molecule has 21 heavy (non-hydrogen) atoms. The van der Waals surface area contributed by atoms with Crippen molar-refractivity contribution in [2.45, 2.75) is 0 Å². The minimum atomic E-state index is -0.522. The first-order valence-corrected chi connectivity index (χ1v) is 6.95. The molecule has 1 rings (SSSR count). The van der Waals surface area contributed by atoms with Gasteiger partial charge in [-0.25, -0.2) is 9.79 Å². The number of esters is 1. The van der Waals surface area contributed by atoms with Crippen molar-refractivity contribution in [3.8, 4) is 17.7 Å². The van der Waals surface area contributed by atoms with Crippen LogP contribution in [0.1, 0.15) is 10.4 Å². The summed E-state index contributed by atoms with van der Waals surface area (Å²) < 4.78 is 15.1. The monoisotopic (exact) mass is 309 g/mol. The Hall–Kier alpha value is -2.40. The average molecular weight is 309 g/mol. The van der Waals surface area contributed by atoms with Gasteiger partial charge in [0.25, 0.3) is 0 Å². The normalized spacial score (nSPS) is 10.5. The lowest BCUT2D eigenvalue weighted by Gasteiger charge is -2.12. The second kappa shape index (κ2) is 8.01. The molecular formula is C13H15N3O4S. The zero-order valence-corrected chi connectivity index (χ0v) is 12.9. The second-order valence-corrected chi connectivity index (χ2v) is 4.38. The van der Waals surface area contributed by atoms with Crippen LogP contribution in [0.2, 0.25) is 0 Å². The van der Waals surface area contributed by atoms with Crippen molar-refractivity contribution < 1.29 is 19.0 Å². The molecule has 0 spiro atoms. The van der Waals surface area contributed by atoms with Crippen LogP contribution in [-0.4, -0.2) is 38.7 Å². The van der Waals surface area contributed by atoms with E-state index in [1.807, 2.05) is 0 Å². The van der Waals surface area contributed by atoms with Crippen LogP contribution in [0.3, 0.4) is 0 Å². The molecule has 0 aliphatic rings. The average Bonchev–Trinajstić information content (AvgIpc) is 2.52. The van der Waals surface area contributed by atoms with Gasteiger partial charge in [-0.3, -0.25) is 5.32 Å². The molecule has 0 atom stereocenters. The molecule has 0 radical (unpaired) electrons. The lowest BCUT2D eigenvalue weighted by atomic mass is 10.1. The third-order valence-corrected chi connectivity index (χ3v) is 3.04. The quantitative estimate of drug-likeness (QED) is 0.298. The summed E-state index contributed by atoms with van der Waals surface area (Å²) in [4.78, 5) is 15.9. The molecule has 0 fully saturated rings. The molecule has 7 nitrogen and oxygen atoms in total. The smallest absolute Gasteiger partial charge is 0.338 e. The summed E-state index contributed by atoms with van der Waals surface area (Å²) in [7, 11) is 4.20. The highest BCUT2D eigenvalue weighted by Crippen LogP contribution is 2.39. The number of hydrogen-bond donors (Lipinski definition) is 1. The topological polar surface area (TPSA) is 92.9 Å². The van der Waals surface area contributed by atoms with Gasteiger partial charge in [0, 0.05) is 0 Å². The standard InChI is InChI=1S/C13H15N3O4S/c1-18-10-6-8(12(17)20-3)5-9(11(10)19-2)16-13(21-4)15-7-14/h5-6H,1-4H3,(H,15,16). The molecule has 112 valence electrons. The molecular weight excluding hydrogens is 294 g/mol. The number of methoxy groups -OCH3 is 3. The Morgan fingerprint density at radius 3 is 2.52 bits per heavy atom. The number of amidine groups is 1. The molecule has 0 aliphatic carbocycles. The molecule has 1 aromatic rings. The van der Waals surface area contributed by atoms with E-state index in [0.29, 0.717) is 22.4 Å². The number of nitrogens with zero attached hydrogens (tertiary/aromatic N) is 2. The summed E-state index contributed by atoms with van der Waals surface area (Å²) in [6.45, 7) is 0. The van der Waals surface area contributed by atoms with Crippen LogP contribution >= 0.6 is 11.8 Å². The van der Waals surface area contributed by atoms with Gasteiger partial charge < -0.3 is 14.2 Å². The predicted molar refractivity (Wildman–Crippen MR) is 80.2 cm³/mol. The van der Waals surface area contributed by atoms with Crippen LogP contribution in [0.4, 0.5) is 5.69 Å². The van der Waals surface area contributed by atoms with Gasteiger partial charge in [-0.05, 0) is 18.4 Å². The highest BCUT2D eigenvalue weighted by atomic mass is 32.2. The molecule has 1 aromatic carbocycles. The number of carbonyl (C=O) groups excluding carboxylic acids is 1. The van der Waals surface area contributed by atoms with E-state index in [1.54, 1.807) is 12.4 Å². The van der Waals surface area contributed by atoms with Gasteiger partial charge in [0.05, 0.1) is 26.9 Å². The Bertz CT molecular complexity index is 596. The maximum Gasteiger partial charge on any atom is 0.338 e. The Balaban J connectivity index is 3.46. The maximum absolute atomic E-state index is 11.7. The van der Waals surface area contributed by atoms with Crippen molar-refractivity contribution in [1.82, 2.24) is 5.32 Å².